The number of aryl methyl sites for hydroxylation is 2. The van der Waals surface area contributed by atoms with E-state index in [0.717, 1.165) is 42.0 Å². The molecule has 0 unspecified atom stereocenters. The van der Waals surface area contributed by atoms with Gasteiger partial charge in [0.1, 0.15) is 0 Å². The minimum Gasteiger partial charge on any atom is -0.203 e. The molecule has 0 saturated heterocycles. The molecule has 0 aliphatic heterocycles. The van der Waals surface area contributed by atoms with E-state index in [1.54, 1.807) is 24.3 Å². The lowest BCUT2D eigenvalue weighted by atomic mass is 10.0. The van der Waals surface area contributed by atoms with Gasteiger partial charge in [-0.2, -0.15) is 0 Å². The summed E-state index contributed by atoms with van der Waals surface area (Å²) in [5.74, 6) is -1.65. The van der Waals surface area contributed by atoms with E-state index >= 15 is 0 Å². The van der Waals surface area contributed by atoms with Gasteiger partial charge in [0.15, 0.2) is 11.7 Å². The Kier molecular flexibility index (Phi) is 6.18. The molecule has 0 N–H and O–H groups in total. The molecule has 0 saturated carbocycles. The van der Waals surface area contributed by atoms with Crippen molar-refractivity contribution in [3.05, 3.63) is 95.6 Å². The van der Waals surface area contributed by atoms with E-state index in [1.165, 1.54) is 5.56 Å². The van der Waals surface area contributed by atoms with E-state index in [2.05, 4.69) is 25.6 Å². The normalized spacial score (nSPS) is 12.1. The zero-order chi connectivity index (χ0) is 19.2. The summed E-state index contributed by atoms with van der Waals surface area (Å²) in [5.41, 5.74) is 2.86. The summed E-state index contributed by atoms with van der Waals surface area (Å²) in [7, 11) is 0. The SMILES string of the molecule is C=CCCc1ccc(C(F)=C(F)c2ccc3cc(CCC)ccc3c2)cc1. The van der Waals surface area contributed by atoms with Crippen LogP contribution in [0.25, 0.3) is 22.4 Å². The number of fused-ring (bicyclic) bond motifs is 1. The molecule has 0 nitrogen and oxygen atoms in total. The quantitative estimate of drug-likeness (QED) is 0.299. The van der Waals surface area contributed by atoms with Crippen LogP contribution in [0.1, 0.15) is 42.0 Å². The first-order valence-electron chi connectivity index (χ1n) is 9.41. The maximum atomic E-state index is 14.7. The van der Waals surface area contributed by atoms with Gasteiger partial charge in [0.25, 0.3) is 0 Å². The van der Waals surface area contributed by atoms with Crippen molar-refractivity contribution in [3.8, 4) is 0 Å². The molecule has 0 spiro atoms. The predicted octanol–water partition coefficient (Wildman–Crippen LogP) is 7.68. The van der Waals surface area contributed by atoms with Gasteiger partial charge in [0, 0.05) is 11.1 Å². The summed E-state index contributed by atoms with van der Waals surface area (Å²) in [6.07, 6.45) is 5.66. The first-order chi connectivity index (χ1) is 13.1. The summed E-state index contributed by atoms with van der Waals surface area (Å²) in [4.78, 5) is 0. The first kappa shape index (κ1) is 19.0. The molecule has 0 amide bonds. The van der Waals surface area contributed by atoms with Crippen molar-refractivity contribution < 1.29 is 8.78 Å². The summed E-state index contributed by atoms with van der Waals surface area (Å²) in [6, 6.07) is 18.3. The maximum Gasteiger partial charge on any atom is 0.166 e. The van der Waals surface area contributed by atoms with Gasteiger partial charge in [-0.1, -0.05) is 74.0 Å². The number of hydrogen-bond donors (Lipinski definition) is 0. The Bertz CT molecular complexity index is 965. The third-order valence-electron chi connectivity index (χ3n) is 4.73. The number of hydrogen-bond acceptors (Lipinski definition) is 0. The lowest BCUT2D eigenvalue weighted by Gasteiger charge is -2.07. The second-order valence-corrected chi connectivity index (χ2v) is 6.80. The maximum absolute atomic E-state index is 14.7. The van der Waals surface area contributed by atoms with E-state index in [0.29, 0.717) is 0 Å². The van der Waals surface area contributed by atoms with Gasteiger partial charge in [-0.15, -0.1) is 6.58 Å². The molecule has 0 heterocycles. The van der Waals surface area contributed by atoms with E-state index in [9.17, 15) is 8.78 Å². The highest BCUT2D eigenvalue weighted by atomic mass is 19.2. The van der Waals surface area contributed by atoms with E-state index in [-0.39, 0.29) is 11.1 Å². The molecule has 3 aromatic rings. The minimum absolute atomic E-state index is 0.258. The Labute approximate surface area is 159 Å². The van der Waals surface area contributed by atoms with E-state index < -0.39 is 11.7 Å². The van der Waals surface area contributed by atoms with Crippen molar-refractivity contribution in [1.29, 1.82) is 0 Å². The minimum atomic E-state index is -0.827. The van der Waals surface area contributed by atoms with Gasteiger partial charge in [0.2, 0.25) is 0 Å². The number of rotatable bonds is 7. The molecular weight excluding hydrogens is 338 g/mol. The van der Waals surface area contributed by atoms with Crippen molar-refractivity contribution >= 4 is 22.4 Å². The summed E-state index contributed by atoms with van der Waals surface area (Å²) >= 11 is 0. The van der Waals surface area contributed by atoms with Gasteiger partial charge in [-0.3, -0.25) is 0 Å². The van der Waals surface area contributed by atoms with Gasteiger partial charge >= 0.3 is 0 Å². The Morgan fingerprint density at radius 3 is 2.07 bits per heavy atom. The van der Waals surface area contributed by atoms with Crippen LogP contribution in [0.5, 0.6) is 0 Å². The first-order valence-corrected chi connectivity index (χ1v) is 9.41. The van der Waals surface area contributed by atoms with Crippen molar-refractivity contribution in [2.45, 2.75) is 32.6 Å². The Balaban J connectivity index is 1.89. The zero-order valence-corrected chi connectivity index (χ0v) is 15.6. The highest BCUT2D eigenvalue weighted by molar-refractivity contribution is 5.90. The molecule has 0 atom stereocenters. The standard InChI is InChI=1S/C25H24F2/c1-3-5-7-18-8-11-20(12-9-18)24(26)25(27)23-15-14-21-16-19(6-4-2)10-13-22(21)17-23/h3,8-17H,1,4-7H2,2H3. The molecule has 3 rings (SSSR count). The molecule has 27 heavy (non-hydrogen) atoms. The van der Waals surface area contributed by atoms with Crippen molar-refractivity contribution in [2.24, 2.45) is 0 Å². The van der Waals surface area contributed by atoms with Gasteiger partial charge < -0.3 is 0 Å². The van der Waals surface area contributed by atoms with Crippen molar-refractivity contribution in [1.82, 2.24) is 0 Å². The fourth-order valence-corrected chi connectivity index (χ4v) is 3.22. The fraction of sp³-hybridized carbons (Fsp3) is 0.200. The highest BCUT2D eigenvalue weighted by Crippen LogP contribution is 2.31. The molecule has 0 aliphatic rings. The second kappa shape index (κ2) is 8.77. The molecule has 0 aliphatic carbocycles. The van der Waals surface area contributed by atoms with Crippen LogP contribution >= 0.6 is 0 Å². The van der Waals surface area contributed by atoms with Crippen LogP contribution in [0.15, 0.2) is 73.3 Å². The van der Waals surface area contributed by atoms with Crippen LogP contribution in [-0.2, 0) is 12.8 Å². The molecule has 3 aromatic carbocycles. The predicted molar refractivity (Wildman–Crippen MR) is 112 cm³/mol. The Hall–Kier alpha value is -2.74. The van der Waals surface area contributed by atoms with Crippen molar-refractivity contribution in [2.75, 3.05) is 0 Å². The fourth-order valence-electron chi connectivity index (χ4n) is 3.22. The molecule has 0 radical (unpaired) electrons. The average Bonchev–Trinajstić information content (AvgIpc) is 2.71. The van der Waals surface area contributed by atoms with Crippen LogP contribution in [-0.4, -0.2) is 0 Å². The Morgan fingerprint density at radius 1 is 0.778 bits per heavy atom. The third kappa shape index (κ3) is 4.51. The smallest absolute Gasteiger partial charge is 0.166 e. The second-order valence-electron chi connectivity index (χ2n) is 6.80. The summed E-state index contributed by atoms with van der Waals surface area (Å²) in [5, 5.41) is 1.96. The van der Waals surface area contributed by atoms with Crippen LogP contribution in [0.3, 0.4) is 0 Å². The third-order valence-corrected chi connectivity index (χ3v) is 4.73. The lowest BCUT2D eigenvalue weighted by Crippen LogP contribution is -1.88. The van der Waals surface area contributed by atoms with Gasteiger partial charge in [-0.05, 0) is 47.2 Å². The van der Waals surface area contributed by atoms with Gasteiger partial charge in [0.05, 0.1) is 0 Å². The van der Waals surface area contributed by atoms with Crippen LogP contribution in [0.4, 0.5) is 8.78 Å². The molecule has 2 heteroatoms. The Morgan fingerprint density at radius 2 is 1.37 bits per heavy atom. The molecule has 138 valence electrons. The van der Waals surface area contributed by atoms with Crippen LogP contribution in [0.2, 0.25) is 0 Å². The molecule has 0 bridgehead atoms. The number of allylic oxidation sites excluding steroid dienone is 1. The topological polar surface area (TPSA) is 0 Å². The number of benzene rings is 3. The summed E-state index contributed by atoms with van der Waals surface area (Å²) < 4.78 is 29.4. The largest absolute Gasteiger partial charge is 0.203 e. The molecule has 0 aromatic heterocycles. The van der Waals surface area contributed by atoms with E-state index in [1.807, 2.05) is 30.3 Å². The lowest BCUT2D eigenvalue weighted by molar-refractivity contribution is 0.700. The number of halogens is 2. The van der Waals surface area contributed by atoms with Crippen LogP contribution in [0, 0.1) is 0 Å². The highest BCUT2D eigenvalue weighted by Gasteiger charge is 2.12. The monoisotopic (exact) mass is 362 g/mol. The van der Waals surface area contributed by atoms with E-state index in [4.69, 9.17) is 0 Å². The average molecular weight is 362 g/mol. The molecule has 0 fully saturated rings. The van der Waals surface area contributed by atoms with Crippen LogP contribution < -0.4 is 0 Å². The molecular formula is C25H24F2. The van der Waals surface area contributed by atoms with Crippen molar-refractivity contribution in [3.63, 3.8) is 0 Å². The van der Waals surface area contributed by atoms with Gasteiger partial charge in [-0.25, -0.2) is 8.78 Å². The summed E-state index contributed by atoms with van der Waals surface area (Å²) in [6.45, 7) is 5.84. The zero-order valence-electron chi connectivity index (χ0n) is 15.6.